The van der Waals surface area contributed by atoms with Crippen molar-refractivity contribution >= 4 is 0 Å². The molecule has 0 bridgehead atoms. The van der Waals surface area contributed by atoms with Crippen LogP contribution in [0.2, 0.25) is 0 Å². The molecule has 0 heterocycles. The van der Waals surface area contributed by atoms with Crippen LogP contribution in [0.15, 0.2) is 0 Å². The number of hydrogen-bond donors (Lipinski definition) is 1. The van der Waals surface area contributed by atoms with Crippen molar-refractivity contribution in [2.75, 3.05) is 19.8 Å². The molecule has 0 amide bonds. The molecule has 2 atom stereocenters. The van der Waals surface area contributed by atoms with E-state index in [0.717, 1.165) is 26.1 Å². The van der Waals surface area contributed by atoms with E-state index in [1.54, 1.807) is 0 Å². The average Bonchev–Trinajstić information content (AvgIpc) is 2.08. The van der Waals surface area contributed by atoms with Crippen LogP contribution in [0.4, 0.5) is 0 Å². The molecule has 0 aromatic rings. The maximum Gasteiger partial charge on any atom is 0.0780 e. The third kappa shape index (κ3) is 9.80. The minimum absolute atomic E-state index is 0.202. The minimum Gasteiger partial charge on any atom is -0.379 e. The summed E-state index contributed by atoms with van der Waals surface area (Å²) in [5.74, 6) is 0. The number of rotatable bonds is 8. The Kier molecular flexibility index (Phi) is 8.40. The second kappa shape index (κ2) is 8.48. The standard InChI is InChI=1S/C10H23NO2/c1-4-12-8-10(3)13-7-5-6-9(2)11/h9-10H,4-8,11H2,1-3H3. The van der Waals surface area contributed by atoms with Crippen molar-refractivity contribution < 1.29 is 9.47 Å². The van der Waals surface area contributed by atoms with Gasteiger partial charge in [0.15, 0.2) is 0 Å². The lowest BCUT2D eigenvalue weighted by atomic mass is 10.2. The normalized spacial score (nSPS) is 15.7. The summed E-state index contributed by atoms with van der Waals surface area (Å²) in [4.78, 5) is 0. The van der Waals surface area contributed by atoms with Crippen molar-refractivity contribution in [1.29, 1.82) is 0 Å². The summed E-state index contributed by atoms with van der Waals surface area (Å²) >= 11 is 0. The van der Waals surface area contributed by atoms with E-state index in [4.69, 9.17) is 15.2 Å². The summed E-state index contributed by atoms with van der Waals surface area (Å²) in [6.07, 6.45) is 2.27. The van der Waals surface area contributed by atoms with Crippen LogP contribution in [0.5, 0.6) is 0 Å². The average molecular weight is 189 g/mol. The van der Waals surface area contributed by atoms with Crippen molar-refractivity contribution in [2.24, 2.45) is 5.73 Å². The van der Waals surface area contributed by atoms with Gasteiger partial charge in [0, 0.05) is 19.3 Å². The highest BCUT2D eigenvalue weighted by Crippen LogP contribution is 1.98. The van der Waals surface area contributed by atoms with Crippen molar-refractivity contribution in [1.82, 2.24) is 0 Å². The van der Waals surface area contributed by atoms with Crippen LogP contribution in [0.1, 0.15) is 33.6 Å². The second-order valence-corrected chi connectivity index (χ2v) is 3.46. The number of ether oxygens (including phenoxy) is 2. The zero-order valence-electron chi connectivity index (χ0n) is 9.08. The zero-order valence-corrected chi connectivity index (χ0v) is 9.08. The van der Waals surface area contributed by atoms with Gasteiger partial charge in [0.05, 0.1) is 12.7 Å². The van der Waals surface area contributed by atoms with Crippen molar-refractivity contribution in [3.05, 3.63) is 0 Å². The van der Waals surface area contributed by atoms with Gasteiger partial charge in [-0.2, -0.15) is 0 Å². The van der Waals surface area contributed by atoms with Crippen LogP contribution >= 0.6 is 0 Å². The topological polar surface area (TPSA) is 44.5 Å². The first-order valence-electron chi connectivity index (χ1n) is 5.11. The molecule has 2 N–H and O–H groups in total. The minimum atomic E-state index is 0.202. The second-order valence-electron chi connectivity index (χ2n) is 3.46. The third-order valence-electron chi connectivity index (χ3n) is 1.76. The Bertz CT molecular complexity index is 107. The molecule has 0 spiro atoms. The van der Waals surface area contributed by atoms with Crippen LogP contribution in [0.25, 0.3) is 0 Å². The molecule has 0 aliphatic carbocycles. The van der Waals surface area contributed by atoms with E-state index in [9.17, 15) is 0 Å². The molecule has 0 saturated heterocycles. The molecule has 0 aliphatic rings. The summed E-state index contributed by atoms with van der Waals surface area (Å²) < 4.78 is 10.7. The first-order chi connectivity index (χ1) is 6.16. The highest BCUT2D eigenvalue weighted by atomic mass is 16.5. The smallest absolute Gasteiger partial charge is 0.0780 e. The molecule has 3 heteroatoms. The molecule has 0 aromatic heterocycles. The summed E-state index contributed by atoms with van der Waals surface area (Å²) in [7, 11) is 0. The maximum atomic E-state index is 5.61. The van der Waals surface area contributed by atoms with Gasteiger partial charge in [0.1, 0.15) is 0 Å². The third-order valence-corrected chi connectivity index (χ3v) is 1.76. The van der Waals surface area contributed by atoms with E-state index in [2.05, 4.69) is 0 Å². The largest absolute Gasteiger partial charge is 0.379 e. The molecule has 0 saturated carbocycles. The molecule has 3 nitrogen and oxygen atoms in total. The summed E-state index contributed by atoms with van der Waals surface area (Å²) in [5, 5.41) is 0. The fourth-order valence-electron chi connectivity index (χ4n) is 1.02. The molecule has 13 heavy (non-hydrogen) atoms. The summed E-state index contributed by atoms with van der Waals surface area (Å²) in [5.41, 5.74) is 5.61. The van der Waals surface area contributed by atoms with Gasteiger partial charge in [-0.3, -0.25) is 0 Å². The van der Waals surface area contributed by atoms with E-state index < -0.39 is 0 Å². The molecule has 80 valence electrons. The Hall–Kier alpha value is -0.120. The fraction of sp³-hybridized carbons (Fsp3) is 1.00. The van der Waals surface area contributed by atoms with Gasteiger partial charge >= 0.3 is 0 Å². The van der Waals surface area contributed by atoms with Crippen LogP contribution in [-0.4, -0.2) is 32.0 Å². The molecule has 2 unspecified atom stereocenters. The summed E-state index contributed by atoms with van der Waals surface area (Å²) in [6, 6.07) is 0.283. The van der Waals surface area contributed by atoms with Gasteiger partial charge in [0.25, 0.3) is 0 Å². The Morgan fingerprint density at radius 2 is 2.00 bits per heavy atom. The highest BCUT2D eigenvalue weighted by molar-refractivity contribution is 4.53. The van der Waals surface area contributed by atoms with Gasteiger partial charge < -0.3 is 15.2 Å². The van der Waals surface area contributed by atoms with Crippen LogP contribution < -0.4 is 5.73 Å². The molecule has 0 fully saturated rings. The van der Waals surface area contributed by atoms with E-state index >= 15 is 0 Å². The number of nitrogens with two attached hydrogens (primary N) is 1. The Balaban J connectivity index is 3.12. The molecule has 0 rings (SSSR count). The SMILES string of the molecule is CCOCC(C)OCCCC(C)N. The summed E-state index contributed by atoms with van der Waals surface area (Å²) in [6.45, 7) is 8.27. The molecule has 0 aliphatic heterocycles. The highest BCUT2D eigenvalue weighted by Gasteiger charge is 2.01. The Morgan fingerprint density at radius 3 is 2.54 bits per heavy atom. The lowest BCUT2D eigenvalue weighted by Gasteiger charge is -2.13. The Labute approximate surface area is 81.6 Å². The lowest BCUT2D eigenvalue weighted by Crippen LogP contribution is -2.19. The van der Waals surface area contributed by atoms with Gasteiger partial charge in [-0.15, -0.1) is 0 Å². The van der Waals surface area contributed by atoms with Crippen LogP contribution in [0, 0.1) is 0 Å². The van der Waals surface area contributed by atoms with Gasteiger partial charge in [-0.1, -0.05) is 0 Å². The maximum absolute atomic E-state index is 5.61. The van der Waals surface area contributed by atoms with Crippen molar-refractivity contribution in [3.8, 4) is 0 Å². The van der Waals surface area contributed by atoms with Crippen LogP contribution in [-0.2, 0) is 9.47 Å². The molecule has 0 aromatic carbocycles. The van der Waals surface area contributed by atoms with Crippen molar-refractivity contribution in [3.63, 3.8) is 0 Å². The van der Waals surface area contributed by atoms with Crippen molar-refractivity contribution in [2.45, 2.75) is 45.8 Å². The first kappa shape index (κ1) is 12.9. The monoisotopic (exact) mass is 189 g/mol. The fourth-order valence-corrected chi connectivity index (χ4v) is 1.02. The Morgan fingerprint density at radius 1 is 1.31 bits per heavy atom. The zero-order chi connectivity index (χ0) is 10.1. The van der Waals surface area contributed by atoms with E-state index in [-0.39, 0.29) is 12.1 Å². The first-order valence-corrected chi connectivity index (χ1v) is 5.11. The van der Waals surface area contributed by atoms with Crippen LogP contribution in [0.3, 0.4) is 0 Å². The van der Waals surface area contributed by atoms with E-state index in [1.807, 2.05) is 20.8 Å². The lowest BCUT2D eigenvalue weighted by molar-refractivity contribution is -0.00472. The predicted molar refractivity (Wildman–Crippen MR) is 54.8 cm³/mol. The molecule has 0 radical (unpaired) electrons. The van der Waals surface area contributed by atoms with E-state index in [1.165, 1.54) is 0 Å². The predicted octanol–water partition coefficient (Wildman–Crippen LogP) is 1.56. The van der Waals surface area contributed by atoms with Gasteiger partial charge in [-0.05, 0) is 33.6 Å². The van der Waals surface area contributed by atoms with Gasteiger partial charge in [-0.25, -0.2) is 0 Å². The molecular formula is C10H23NO2. The number of hydrogen-bond acceptors (Lipinski definition) is 3. The quantitative estimate of drug-likeness (QED) is 0.589. The van der Waals surface area contributed by atoms with Gasteiger partial charge in [0.2, 0.25) is 0 Å². The van der Waals surface area contributed by atoms with E-state index in [0.29, 0.717) is 6.61 Å². The molecular weight excluding hydrogens is 166 g/mol.